The molecule has 1 aliphatic rings. The molecular formula is C25H24FN3O4S. The van der Waals surface area contributed by atoms with E-state index in [0.29, 0.717) is 24.3 Å². The second-order valence-electron chi connectivity index (χ2n) is 8.24. The Hall–Kier alpha value is -3.72. The number of sulfonamides is 1. The number of aryl methyl sites for hydroxylation is 1. The highest BCUT2D eigenvalue weighted by molar-refractivity contribution is 7.92. The maximum Gasteiger partial charge on any atom is 0.262 e. The van der Waals surface area contributed by atoms with Gasteiger partial charge in [-0.3, -0.25) is 14.3 Å². The average Bonchev–Trinajstić information content (AvgIpc) is 3.17. The summed E-state index contributed by atoms with van der Waals surface area (Å²) >= 11 is 0. The molecule has 4 rings (SSSR count). The van der Waals surface area contributed by atoms with Crippen LogP contribution in [0.3, 0.4) is 0 Å². The van der Waals surface area contributed by atoms with Crippen molar-refractivity contribution < 1.29 is 22.4 Å². The number of likely N-dealkylation sites (tertiary alicyclic amines) is 1. The van der Waals surface area contributed by atoms with Crippen molar-refractivity contribution >= 4 is 33.2 Å². The molecule has 1 atom stereocenters. The van der Waals surface area contributed by atoms with E-state index in [9.17, 15) is 22.4 Å². The summed E-state index contributed by atoms with van der Waals surface area (Å²) in [6, 6.07) is 19.1. The molecule has 3 aromatic carbocycles. The van der Waals surface area contributed by atoms with Gasteiger partial charge in [0.05, 0.1) is 10.8 Å². The number of hydrogen-bond acceptors (Lipinski definition) is 4. The summed E-state index contributed by atoms with van der Waals surface area (Å²) in [7, 11) is -3.97. The highest BCUT2D eigenvalue weighted by atomic mass is 32.2. The Kier molecular flexibility index (Phi) is 6.65. The van der Waals surface area contributed by atoms with Gasteiger partial charge >= 0.3 is 0 Å². The molecule has 0 aliphatic carbocycles. The first-order valence-corrected chi connectivity index (χ1v) is 12.2. The number of carbonyl (C=O) groups is 2. The molecule has 1 heterocycles. The predicted octanol–water partition coefficient (Wildman–Crippen LogP) is 3.92. The van der Waals surface area contributed by atoms with E-state index in [1.165, 1.54) is 18.2 Å². The van der Waals surface area contributed by atoms with Crippen LogP contribution in [0.1, 0.15) is 17.5 Å². The molecule has 3 aromatic rings. The highest BCUT2D eigenvalue weighted by Crippen LogP contribution is 2.25. The SMILES string of the molecule is Cc1ccc(NC(=O)[C@@H]2CC(=O)N(Cc3ccccc3)C2)cc1S(=O)(=O)Nc1ccc(F)cc1. The van der Waals surface area contributed by atoms with E-state index in [1.54, 1.807) is 24.0 Å². The lowest BCUT2D eigenvalue weighted by atomic mass is 10.1. The molecule has 7 nitrogen and oxygen atoms in total. The van der Waals surface area contributed by atoms with Crippen molar-refractivity contribution in [1.82, 2.24) is 4.90 Å². The summed E-state index contributed by atoms with van der Waals surface area (Å²) in [4.78, 5) is 26.9. The fourth-order valence-corrected chi connectivity index (χ4v) is 5.17. The van der Waals surface area contributed by atoms with E-state index in [2.05, 4.69) is 10.0 Å². The molecular weight excluding hydrogens is 457 g/mol. The van der Waals surface area contributed by atoms with Crippen molar-refractivity contribution in [1.29, 1.82) is 0 Å². The number of carbonyl (C=O) groups excluding carboxylic acids is 2. The van der Waals surface area contributed by atoms with Gasteiger partial charge in [-0.1, -0.05) is 36.4 Å². The molecule has 34 heavy (non-hydrogen) atoms. The van der Waals surface area contributed by atoms with Gasteiger partial charge < -0.3 is 10.2 Å². The lowest BCUT2D eigenvalue weighted by Gasteiger charge is -2.17. The summed E-state index contributed by atoms with van der Waals surface area (Å²) in [5, 5.41) is 2.74. The van der Waals surface area contributed by atoms with Crippen molar-refractivity contribution in [3.05, 3.63) is 89.7 Å². The number of halogens is 1. The Morgan fingerprint density at radius 2 is 1.71 bits per heavy atom. The summed E-state index contributed by atoms with van der Waals surface area (Å²) in [5.41, 5.74) is 2.00. The fourth-order valence-electron chi connectivity index (χ4n) is 3.84. The highest BCUT2D eigenvalue weighted by Gasteiger charge is 2.34. The molecule has 0 unspecified atom stereocenters. The third-order valence-electron chi connectivity index (χ3n) is 5.64. The van der Waals surface area contributed by atoms with E-state index in [-0.39, 0.29) is 28.8 Å². The van der Waals surface area contributed by atoms with Gasteiger partial charge in [0.2, 0.25) is 11.8 Å². The number of rotatable bonds is 7. The summed E-state index contributed by atoms with van der Waals surface area (Å²) in [6.45, 7) is 2.37. The minimum absolute atomic E-state index is 0.0113. The first-order valence-electron chi connectivity index (χ1n) is 10.7. The van der Waals surface area contributed by atoms with Crippen LogP contribution >= 0.6 is 0 Å². The second-order valence-corrected chi connectivity index (χ2v) is 9.89. The average molecular weight is 482 g/mol. The Morgan fingerprint density at radius 1 is 1.03 bits per heavy atom. The Balaban J connectivity index is 1.45. The van der Waals surface area contributed by atoms with Crippen LogP contribution in [0, 0.1) is 18.7 Å². The third-order valence-corrected chi connectivity index (χ3v) is 7.17. The van der Waals surface area contributed by atoms with Gasteiger partial charge in [-0.2, -0.15) is 0 Å². The number of anilines is 2. The maximum absolute atomic E-state index is 13.1. The maximum atomic E-state index is 13.1. The molecule has 0 bridgehead atoms. The van der Waals surface area contributed by atoms with Crippen LogP contribution in [0.5, 0.6) is 0 Å². The zero-order chi connectivity index (χ0) is 24.3. The van der Waals surface area contributed by atoms with Crippen LogP contribution in [0.2, 0.25) is 0 Å². The molecule has 9 heteroatoms. The van der Waals surface area contributed by atoms with Gasteiger partial charge in [0.25, 0.3) is 10.0 Å². The largest absolute Gasteiger partial charge is 0.338 e. The number of nitrogens with zero attached hydrogens (tertiary/aromatic N) is 1. The molecule has 0 spiro atoms. The second kappa shape index (κ2) is 9.64. The van der Waals surface area contributed by atoms with Crippen LogP contribution < -0.4 is 10.0 Å². The smallest absolute Gasteiger partial charge is 0.262 e. The molecule has 1 fully saturated rings. The topological polar surface area (TPSA) is 95.6 Å². The van der Waals surface area contributed by atoms with Crippen molar-refractivity contribution in [2.45, 2.75) is 24.8 Å². The molecule has 2 amide bonds. The standard InChI is InChI=1S/C25H24FN3O4S/c1-17-7-10-22(14-23(17)34(32,33)28-21-11-8-20(26)9-12-21)27-25(31)19-13-24(30)29(16-19)15-18-5-3-2-4-6-18/h2-12,14,19,28H,13,15-16H2,1H3,(H,27,31)/t19-/m1/s1. The molecule has 1 aliphatic heterocycles. The molecule has 176 valence electrons. The predicted molar refractivity (Wildman–Crippen MR) is 127 cm³/mol. The van der Waals surface area contributed by atoms with E-state index in [1.807, 2.05) is 30.3 Å². The lowest BCUT2D eigenvalue weighted by Crippen LogP contribution is -2.28. The fraction of sp³-hybridized carbons (Fsp3) is 0.200. The van der Waals surface area contributed by atoms with Crippen molar-refractivity contribution in [3.8, 4) is 0 Å². The van der Waals surface area contributed by atoms with E-state index in [0.717, 1.165) is 17.7 Å². The van der Waals surface area contributed by atoms with E-state index >= 15 is 0 Å². The first-order chi connectivity index (χ1) is 16.2. The minimum Gasteiger partial charge on any atom is -0.338 e. The molecule has 0 aromatic heterocycles. The Labute approximate surface area is 197 Å². The first kappa shape index (κ1) is 23.4. The molecule has 1 saturated heterocycles. The third kappa shape index (κ3) is 5.43. The van der Waals surface area contributed by atoms with E-state index in [4.69, 9.17) is 0 Å². The van der Waals surface area contributed by atoms with Gasteiger partial charge in [-0.15, -0.1) is 0 Å². The summed E-state index contributed by atoms with van der Waals surface area (Å²) < 4.78 is 41.3. The van der Waals surface area contributed by atoms with Crippen LogP contribution in [-0.2, 0) is 26.2 Å². The minimum atomic E-state index is -3.97. The number of hydrogen-bond donors (Lipinski definition) is 2. The van der Waals surface area contributed by atoms with Crippen molar-refractivity contribution in [3.63, 3.8) is 0 Å². The van der Waals surface area contributed by atoms with Gasteiger partial charge in [-0.25, -0.2) is 12.8 Å². The van der Waals surface area contributed by atoms with Crippen LogP contribution in [0.15, 0.2) is 77.7 Å². The van der Waals surface area contributed by atoms with Crippen molar-refractivity contribution in [2.24, 2.45) is 5.92 Å². The molecule has 0 saturated carbocycles. The number of amides is 2. The van der Waals surface area contributed by atoms with Crippen LogP contribution in [0.25, 0.3) is 0 Å². The molecule has 0 radical (unpaired) electrons. The normalized spacial score (nSPS) is 15.9. The van der Waals surface area contributed by atoms with Crippen LogP contribution in [0.4, 0.5) is 15.8 Å². The lowest BCUT2D eigenvalue weighted by molar-refractivity contribution is -0.128. The van der Waals surface area contributed by atoms with Gasteiger partial charge in [0.15, 0.2) is 0 Å². The quantitative estimate of drug-likeness (QED) is 0.535. The Bertz CT molecular complexity index is 1310. The van der Waals surface area contributed by atoms with Gasteiger partial charge in [-0.05, 0) is 54.4 Å². The van der Waals surface area contributed by atoms with Gasteiger partial charge in [0, 0.05) is 30.9 Å². The summed E-state index contributed by atoms with van der Waals surface area (Å²) in [6.07, 6.45) is 0.0990. The zero-order valence-electron chi connectivity index (χ0n) is 18.5. The van der Waals surface area contributed by atoms with Crippen molar-refractivity contribution in [2.75, 3.05) is 16.6 Å². The zero-order valence-corrected chi connectivity index (χ0v) is 19.3. The van der Waals surface area contributed by atoms with Crippen LogP contribution in [-0.4, -0.2) is 31.7 Å². The van der Waals surface area contributed by atoms with E-state index < -0.39 is 21.8 Å². The summed E-state index contributed by atoms with van der Waals surface area (Å²) in [5.74, 6) is -1.45. The monoisotopic (exact) mass is 481 g/mol. The van der Waals surface area contributed by atoms with Gasteiger partial charge in [0.1, 0.15) is 5.82 Å². The molecule has 2 N–H and O–H groups in total. The number of benzene rings is 3. The number of nitrogens with one attached hydrogen (secondary N) is 2. The Morgan fingerprint density at radius 3 is 2.41 bits per heavy atom.